The second-order valence-corrected chi connectivity index (χ2v) is 7.01. The van der Waals surface area contributed by atoms with Crippen LogP contribution in [0.2, 0.25) is 5.02 Å². The molecule has 3 rings (SSSR count). The van der Waals surface area contributed by atoms with Gasteiger partial charge in [-0.05, 0) is 46.0 Å². The summed E-state index contributed by atoms with van der Waals surface area (Å²) in [5, 5.41) is 2.19. The van der Waals surface area contributed by atoms with Crippen LogP contribution in [-0.2, 0) is 5.41 Å². The summed E-state index contributed by atoms with van der Waals surface area (Å²) in [7, 11) is 0. The molecule has 0 N–H and O–H groups in total. The first kappa shape index (κ1) is 15.8. The fraction of sp³-hybridized carbons (Fsp3) is 0.200. The van der Waals surface area contributed by atoms with Gasteiger partial charge in [0.05, 0.1) is 0 Å². The molecule has 23 heavy (non-hydrogen) atoms. The summed E-state index contributed by atoms with van der Waals surface area (Å²) < 4.78 is 20.0. The van der Waals surface area contributed by atoms with Gasteiger partial charge in [0.1, 0.15) is 22.3 Å². The lowest BCUT2D eigenvalue weighted by Gasteiger charge is -2.21. The number of ether oxygens (including phenoxy) is 1. The molecule has 0 saturated heterocycles. The molecule has 0 aliphatic carbocycles. The highest BCUT2D eigenvalue weighted by molar-refractivity contribution is 6.32. The first-order valence-corrected chi connectivity index (χ1v) is 7.88. The molecule has 0 spiro atoms. The average Bonchev–Trinajstić information content (AvgIpc) is 2.50. The Bertz CT molecular complexity index is 865. The Morgan fingerprint density at radius 3 is 2.30 bits per heavy atom. The number of halogens is 2. The SMILES string of the molecule is CC(C)(C)c1cc(F)c(Cl)c(Oc2ccc3ccccc3c2)c1. The molecular formula is C20H18ClFO. The van der Waals surface area contributed by atoms with Crippen molar-refractivity contribution in [2.24, 2.45) is 0 Å². The van der Waals surface area contributed by atoms with E-state index < -0.39 is 5.82 Å². The van der Waals surface area contributed by atoms with Crippen molar-refractivity contribution in [1.82, 2.24) is 0 Å². The molecule has 1 nitrogen and oxygen atoms in total. The van der Waals surface area contributed by atoms with Gasteiger partial charge in [-0.2, -0.15) is 0 Å². The minimum Gasteiger partial charge on any atom is -0.456 e. The van der Waals surface area contributed by atoms with Crippen LogP contribution in [0.15, 0.2) is 54.6 Å². The summed E-state index contributed by atoms with van der Waals surface area (Å²) in [6.07, 6.45) is 0. The zero-order chi connectivity index (χ0) is 16.6. The maximum Gasteiger partial charge on any atom is 0.149 e. The van der Waals surface area contributed by atoms with E-state index in [1.54, 1.807) is 6.07 Å². The van der Waals surface area contributed by atoms with E-state index in [1.165, 1.54) is 6.07 Å². The lowest BCUT2D eigenvalue weighted by molar-refractivity contribution is 0.472. The van der Waals surface area contributed by atoms with Gasteiger partial charge in [0, 0.05) is 0 Å². The van der Waals surface area contributed by atoms with Crippen LogP contribution in [0, 0.1) is 5.82 Å². The van der Waals surface area contributed by atoms with E-state index in [1.807, 2.05) is 63.2 Å². The van der Waals surface area contributed by atoms with Crippen LogP contribution >= 0.6 is 11.6 Å². The molecule has 0 aliphatic rings. The molecule has 0 fully saturated rings. The molecule has 0 aromatic heterocycles. The minimum atomic E-state index is -0.463. The smallest absolute Gasteiger partial charge is 0.149 e. The Kier molecular flexibility index (Phi) is 4.03. The Balaban J connectivity index is 2.02. The molecule has 0 atom stereocenters. The summed E-state index contributed by atoms with van der Waals surface area (Å²) in [6, 6.07) is 17.0. The zero-order valence-corrected chi connectivity index (χ0v) is 14.1. The van der Waals surface area contributed by atoms with Gasteiger partial charge in [0.2, 0.25) is 0 Å². The molecule has 0 unspecified atom stereocenters. The van der Waals surface area contributed by atoms with Crippen LogP contribution in [0.3, 0.4) is 0 Å². The summed E-state index contributed by atoms with van der Waals surface area (Å²) >= 11 is 6.08. The highest BCUT2D eigenvalue weighted by Gasteiger charge is 2.19. The molecule has 0 amide bonds. The average molecular weight is 329 g/mol. The van der Waals surface area contributed by atoms with Crippen LogP contribution in [0.5, 0.6) is 11.5 Å². The molecule has 0 heterocycles. The van der Waals surface area contributed by atoms with Crippen LogP contribution < -0.4 is 4.74 Å². The van der Waals surface area contributed by atoms with Crippen LogP contribution in [0.4, 0.5) is 4.39 Å². The van der Waals surface area contributed by atoms with Crippen molar-refractivity contribution in [2.45, 2.75) is 26.2 Å². The summed E-state index contributed by atoms with van der Waals surface area (Å²) in [5.74, 6) is 0.512. The number of rotatable bonds is 2. The monoisotopic (exact) mass is 328 g/mol. The Morgan fingerprint density at radius 1 is 0.913 bits per heavy atom. The Morgan fingerprint density at radius 2 is 1.61 bits per heavy atom. The highest BCUT2D eigenvalue weighted by Crippen LogP contribution is 2.37. The van der Waals surface area contributed by atoms with Gasteiger partial charge in [-0.25, -0.2) is 4.39 Å². The molecule has 118 valence electrons. The molecule has 0 aliphatic heterocycles. The molecule has 0 radical (unpaired) electrons. The lowest BCUT2D eigenvalue weighted by atomic mass is 9.87. The van der Waals surface area contributed by atoms with Crippen LogP contribution in [0.1, 0.15) is 26.3 Å². The summed E-state index contributed by atoms with van der Waals surface area (Å²) in [5.41, 5.74) is 0.655. The van der Waals surface area contributed by atoms with Crippen molar-refractivity contribution in [3.8, 4) is 11.5 Å². The quantitative estimate of drug-likeness (QED) is 0.507. The maximum atomic E-state index is 14.1. The van der Waals surface area contributed by atoms with E-state index in [-0.39, 0.29) is 10.4 Å². The summed E-state index contributed by atoms with van der Waals surface area (Å²) in [6.45, 7) is 6.07. The second-order valence-electron chi connectivity index (χ2n) is 6.63. The van der Waals surface area contributed by atoms with Crippen molar-refractivity contribution >= 4 is 22.4 Å². The van der Waals surface area contributed by atoms with Gasteiger partial charge in [0.15, 0.2) is 0 Å². The van der Waals surface area contributed by atoms with E-state index in [2.05, 4.69) is 0 Å². The van der Waals surface area contributed by atoms with Crippen molar-refractivity contribution in [3.63, 3.8) is 0 Å². The van der Waals surface area contributed by atoms with Crippen molar-refractivity contribution in [1.29, 1.82) is 0 Å². The van der Waals surface area contributed by atoms with Gasteiger partial charge < -0.3 is 4.74 Å². The van der Waals surface area contributed by atoms with E-state index in [4.69, 9.17) is 16.3 Å². The van der Waals surface area contributed by atoms with Gasteiger partial charge in [0.25, 0.3) is 0 Å². The molecule has 3 heteroatoms. The molecule has 0 bridgehead atoms. The topological polar surface area (TPSA) is 9.23 Å². The van der Waals surface area contributed by atoms with Crippen LogP contribution in [-0.4, -0.2) is 0 Å². The Labute approximate surface area is 140 Å². The zero-order valence-electron chi connectivity index (χ0n) is 13.4. The predicted octanol–water partition coefficient (Wildman–Crippen LogP) is 6.72. The third kappa shape index (κ3) is 3.32. The van der Waals surface area contributed by atoms with E-state index in [0.29, 0.717) is 11.5 Å². The normalized spacial score (nSPS) is 11.7. The second kappa shape index (κ2) is 5.86. The fourth-order valence-electron chi connectivity index (χ4n) is 2.43. The van der Waals surface area contributed by atoms with Gasteiger partial charge in [-0.3, -0.25) is 0 Å². The number of hydrogen-bond donors (Lipinski definition) is 0. The third-order valence-electron chi connectivity index (χ3n) is 3.81. The van der Waals surface area contributed by atoms with Gasteiger partial charge >= 0.3 is 0 Å². The molecule has 0 saturated carbocycles. The lowest BCUT2D eigenvalue weighted by Crippen LogP contribution is -2.11. The first-order valence-electron chi connectivity index (χ1n) is 7.51. The largest absolute Gasteiger partial charge is 0.456 e. The molecular weight excluding hydrogens is 311 g/mol. The molecule has 3 aromatic carbocycles. The van der Waals surface area contributed by atoms with E-state index in [9.17, 15) is 4.39 Å². The third-order valence-corrected chi connectivity index (χ3v) is 4.18. The molecule has 3 aromatic rings. The van der Waals surface area contributed by atoms with Gasteiger partial charge in [-0.1, -0.05) is 62.7 Å². The summed E-state index contributed by atoms with van der Waals surface area (Å²) in [4.78, 5) is 0. The first-order chi connectivity index (χ1) is 10.8. The van der Waals surface area contributed by atoms with Crippen molar-refractivity contribution in [3.05, 3.63) is 71.0 Å². The fourth-order valence-corrected chi connectivity index (χ4v) is 2.58. The van der Waals surface area contributed by atoms with Gasteiger partial charge in [-0.15, -0.1) is 0 Å². The van der Waals surface area contributed by atoms with Crippen molar-refractivity contribution < 1.29 is 9.13 Å². The number of benzene rings is 3. The Hall–Kier alpha value is -2.06. The minimum absolute atomic E-state index is 0.00570. The van der Waals surface area contributed by atoms with Crippen LogP contribution in [0.25, 0.3) is 10.8 Å². The number of hydrogen-bond acceptors (Lipinski definition) is 1. The standard InChI is InChI=1S/C20H18ClFO/c1-20(2,3)15-11-17(22)19(21)18(12-15)23-16-9-8-13-6-4-5-7-14(13)10-16/h4-12H,1-3H3. The highest BCUT2D eigenvalue weighted by atomic mass is 35.5. The van der Waals surface area contributed by atoms with E-state index in [0.717, 1.165) is 16.3 Å². The number of fused-ring (bicyclic) bond motifs is 1. The van der Waals surface area contributed by atoms with E-state index >= 15 is 0 Å². The van der Waals surface area contributed by atoms with Crippen molar-refractivity contribution in [2.75, 3.05) is 0 Å². The predicted molar refractivity (Wildman–Crippen MR) is 94.1 cm³/mol. The maximum absolute atomic E-state index is 14.1.